The molecule has 0 amide bonds. The zero-order valence-corrected chi connectivity index (χ0v) is 9.46. The summed E-state index contributed by atoms with van der Waals surface area (Å²) >= 11 is 6.05. The number of nitrogens with one attached hydrogen (secondary N) is 1. The van der Waals surface area contributed by atoms with E-state index in [-0.39, 0.29) is 0 Å². The van der Waals surface area contributed by atoms with E-state index >= 15 is 0 Å². The predicted octanol–water partition coefficient (Wildman–Crippen LogP) is 1.73. The van der Waals surface area contributed by atoms with Crippen LogP contribution in [0.4, 0.5) is 0 Å². The second-order valence-electron chi connectivity index (χ2n) is 3.57. The first kappa shape index (κ1) is 10.3. The van der Waals surface area contributed by atoms with E-state index < -0.39 is 0 Å². The largest absolute Gasteiger partial charge is 0.352 e. The zero-order valence-electron chi connectivity index (χ0n) is 8.70. The molecule has 1 heterocycles. The summed E-state index contributed by atoms with van der Waals surface area (Å²) in [7, 11) is 2.03. The molecule has 1 N–H and O–H groups in total. The van der Waals surface area contributed by atoms with Crippen LogP contribution >= 0.6 is 11.6 Å². The fraction of sp³-hybridized carbons (Fsp3) is 0.364. The van der Waals surface area contributed by atoms with Crippen LogP contribution in [0, 0.1) is 0 Å². The summed E-state index contributed by atoms with van der Waals surface area (Å²) in [4.78, 5) is 6.46. The lowest BCUT2D eigenvalue weighted by molar-refractivity contribution is 0.534. The summed E-state index contributed by atoms with van der Waals surface area (Å²) < 4.78 is 0. The van der Waals surface area contributed by atoms with Gasteiger partial charge < -0.3 is 10.2 Å². The van der Waals surface area contributed by atoms with Gasteiger partial charge in [-0.3, -0.25) is 4.99 Å². The molecule has 0 spiro atoms. The van der Waals surface area contributed by atoms with E-state index in [1.54, 1.807) is 0 Å². The van der Waals surface area contributed by atoms with Crippen molar-refractivity contribution >= 4 is 17.6 Å². The number of hydrogen-bond acceptors (Lipinski definition) is 3. The zero-order chi connectivity index (χ0) is 10.7. The fourth-order valence-corrected chi connectivity index (χ4v) is 1.74. The molecule has 80 valence electrons. The number of rotatable bonds is 2. The Balaban J connectivity index is 1.96. The van der Waals surface area contributed by atoms with Crippen molar-refractivity contribution in [2.24, 2.45) is 4.99 Å². The molecule has 4 heteroatoms. The first-order chi connectivity index (χ1) is 7.27. The molecule has 0 fully saturated rings. The van der Waals surface area contributed by atoms with Crippen molar-refractivity contribution in [3.8, 4) is 0 Å². The number of aliphatic imine (C=N–C) groups is 1. The van der Waals surface area contributed by atoms with Gasteiger partial charge >= 0.3 is 0 Å². The standard InChI is InChI=1S/C11H14ClN3/c1-15-7-6-13-11(15)14-8-9-4-2-3-5-10(9)12/h2-5H,6-8H2,1H3,(H,13,14). The molecule has 0 aliphatic carbocycles. The first-order valence-electron chi connectivity index (χ1n) is 5.00. The van der Waals surface area contributed by atoms with Crippen molar-refractivity contribution in [2.45, 2.75) is 6.54 Å². The van der Waals surface area contributed by atoms with Gasteiger partial charge in [0.1, 0.15) is 0 Å². The Labute approximate surface area is 94.8 Å². The van der Waals surface area contributed by atoms with Gasteiger partial charge in [-0.1, -0.05) is 29.8 Å². The number of guanidine groups is 1. The number of hydrogen-bond donors (Lipinski definition) is 1. The Kier molecular flexibility index (Phi) is 3.11. The molecule has 0 saturated heterocycles. The molecular weight excluding hydrogens is 210 g/mol. The molecule has 3 nitrogen and oxygen atoms in total. The van der Waals surface area contributed by atoms with Gasteiger partial charge in [0.2, 0.25) is 0 Å². The maximum atomic E-state index is 6.05. The Morgan fingerprint density at radius 1 is 1.47 bits per heavy atom. The third-order valence-corrected chi connectivity index (χ3v) is 2.82. The lowest BCUT2D eigenvalue weighted by Gasteiger charge is -2.15. The minimum absolute atomic E-state index is 0.725. The molecule has 0 saturated carbocycles. The molecule has 1 aromatic carbocycles. The average molecular weight is 224 g/mol. The Morgan fingerprint density at radius 2 is 2.27 bits per heavy atom. The molecule has 0 aromatic heterocycles. The summed E-state index contributed by atoms with van der Waals surface area (Å²) in [5.74, 6) is 0.954. The second kappa shape index (κ2) is 4.53. The SMILES string of the molecule is CN1CCN=C1NCc1ccccc1Cl. The van der Waals surface area contributed by atoms with Crippen molar-refractivity contribution in [1.29, 1.82) is 0 Å². The van der Waals surface area contributed by atoms with E-state index in [0.29, 0.717) is 0 Å². The van der Waals surface area contributed by atoms with Crippen LogP contribution in [0.2, 0.25) is 5.02 Å². The molecule has 0 atom stereocenters. The minimum Gasteiger partial charge on any atom is -0.352 e. The van der Waals surface area contributed by atoms with Gasteiger partial charge in [0, 0.05) is 25.2 Å². The number of likely N-dealkylation sites (N-methyl/N-ethyl adjacent to an activating group) is 1. The summed E-state index contributed by atoms with van der Waals surface area (Å²) in [6.07, 6.45) is 0. The van der Waals surface area contributed by atoms with E-state index in [0.717, 1.165) is 36.2 Å². The topological polar surface area (TPSA) is 27.6 Å². The smallest absolute Gasteiger partial charge is 0.194 e. The maximum absolute atomic E-state index is 6.05. The van der Waals surface area contributed by atoms with Crippen molar-refractivity contribution in [1.82, 2.24) is 10.2 Å². The highest BCUT2D eigenvalue weighted by Crippen LogP contribution is 2.14. The van der Waals surface area contributed by atoms with Crippen molar-refractivity contribution in [2.75, 3.05) is 20.1 Å². The van der Waals surface area contributed by atoms with E-state index in [4.69, 9.17) is 11.6 Å². The first-order valence-corrected chi connectivity index (χ1v) is 5.38. The molecule has 0 bridgehead atoms. The van der Waals surface area contributed by atoms with Crippen LogP contribution in [0.25, 0.3) is 0 Å². The van der Waals surface area contributed by atoms with Crippen LogP contribution in [-0.4, -0.2) is 31.0 Å². The van der Waals surface area contributed by atoms with Crippen molar-refractivity contribution < 1.29 is 0 Å². The molecule has 15 heavy (non-hydrogen) atoms. The maximum Gasteiger partial charge on any atom is 0.194 e. The second-order valence-corrected chi connectivity index (χ2v) is 3.98. The molecular formula is C11H14ClN3. The Morgan fingerprint density at radius 3 is 2.93 bits per heavy atom. The van der Waals surface area contributed by atoms with E-state index in [2.05, 4.69) is 15.2 Å². The molecule has 0 unspecified atom stereocenters. The van der Waals surface area contributed by atoms with Crippen molar-refractivity contribution in [3.05, 3.63) is 34.9 Å². The van der Waals surface area contributed by atoms with Gasteiger partial charge in [-0.05, 0) is 11.6 Å². The average Bonchev–Trinajstić information content (AvgIpc) is 2.63. The lowest BCUT2D eigenvalue weighted by Crippen LogP contribution is -2.35. The predicted molar refractivity (Wildman–Crippen MR) is 63.2 cm³/mol. The molecule has 0 radical (unpaired) electrons. The van der Waals surface area contributed by atoms with Gasteiger partial charge in [0.05, 0.1) is 6.54 Å². The normalized spacial score (nSPS) is 15.3. The highest BCUT2D eigenvalue weighted by atomic mass is 35.5. The number of halogens is 1. The van der Waals surface area contributed by atoms with Crippen LogP contribution in [0.3, 0.4) is 0 Å². The molecule has 1 aliphatic rings. The van der Waals surface area contributed by atoms with Crippen LogP contribution in [0.1, 0.15) is 5.56 Å². The highest BCUT2D eigenvalue weighted by molar-refractivity contribution is 6.31. The van der Waals surface area contributed by atoms with Crippen LogP contribution in [0.15, 0.2) is 29.3 Å². The van der Waals surface area contributed by atoms with Crippen molar-refractivity contribution in [3.63, 3.8) is 0 Å². The van der Waals surface area contributed by atoms with E-state index in [1.165, 1.54) is 0 Å². The Bertz CT molecular complexity index is 376. The summed E-state index contributed by atoms with van der Waals surface area (Å²) in [6, 6.07) is 7.84. The fourth-order valence-electron chi connectivity index (χ4n) is 1.54. The lowest BCUT2D eigenvalue weighted by atomic mass is 10.2. The van der Waals surface area contributed by atoms with Gasteiger partial charge in [0.15, 0.2) is 5.96 Å². The number of nitrogens with zero attached hydrogens (tertiary/aromatic N) is 2. The third kappa shape index (κ3) is 2.42. The third-order valence-electron chi connectivity index (χ3n) is 2.45. The molecule has 2 rings (SSSR count). The molecule has 1 aromatic rings. The molecule has 1 aliphatic heterocycles. The van der Waals surface area contributed by atoms with Gasteiger partial charge in [-0.15, -0.1) is 0 Å². The van der Waals surface area contributed by atoms with E-state index in [9.17, 15) is 0 Å². The summed E-state index contributed by atoms with van der Waals surface area (Å²) in [6.45, 7) is 2.59. The van der Waals surface area contributed by atoms with Gasteiger partial charge in [-0.25, -0.2) is 0 Å². The quantitative estimate of drug-likeness (QED) is 0.827. The number of benzene rings is 1. The van der Waals surface area contributed by atoms with E-state index in [1.807, 2.05) is 31.3 Å². The summed E-state index contributed by atoms with van der Waals surface area (Å²) in [5.41, 5.74) is 1.10. The van der Waals surface area contributed by atoms with Crippen LogP contribution in [0.5, 0.6) is 0 Å². The van der Waals surface area contributed by atoms with Gasteiger partial charge in [-0.2, -0.15) is 0 Å². The van der Waals surface area contributed by atoms with Crippen LogP contribution in [-0.2, 0) is 6.54 Å². The monoisotopic (exact) mass is 223 g/mol. The minimum atomic E-state index is 0.725. The summed E-state index contributed by atoms with van der Waals surface area (Å²) in [5, 5.41) is 4.08. The van der Waals surface area contributed by atoms with Crippen LogP contribution < -0.4 is 5.32 Å². The van der Waals surface area contributed by atoms with Gasteiger partial charge in [0.25, 0.3) is 0 Å². The Hall–Kier alpha value is -1.22. The highest BCUT2D eigenvalue weighted by Gasteiger charge is 2.11.